The molecule has 1 saturated heterocycles. The van der Waals surface area contributed by atoms with Crippen molar-refractivity contribution in [3.63, 3.8) is 0 Å². The Bertz CT molecular complexity index is 3680. The third kappa shape index (κ3) is 18.7. The van der Waals surface area contributed by atoms with Crippen LogP contribution in [-0.4, -0.2) is 60.3 Å². The predicted octanol–water partition coefficient (Wildman–Crippen LogP) is 15.2. The van der Waals surface area contributed by atoms with E-state index >= 15 is 0 Å². The number of rotatable bonds is 13. The van der Waals surface area contributed by atoms with E-state index < -0.39 is 64.3 Å². The molecular formula is C68H66BF4I2N5O5. The van der Waals surface area contributed by atoms with Crippen LogP contribution in [-0.2, 0) is 41.8 Å². The van der Waals surface area contributed by atoms with E-state index in [2.05, 4.69) is 122 Å². The van der Waals surface area contributed by atoms with E-state index in [1.165, 1.54) is 36.0 Å². The summed E-state index contributed by atoms with van der Waals surface area (Å²) in [5.74, 6) is -4.52. The summed E-state index contributed by atoms with van der Waals surface area (Å²) in [6.07, 6.45) is 17.7. The van der Waals surface area contributed by atoms with Crippen LogP contribution < -0.4 is 5.46 Å². The summed E-state index contributed by atoms with van der Waals surface area (Å²) in [6, 6.07) is 40.3. The number of nitrogens with zero attached hydrogens (tertiary/aromatic N) is 5. The summed E-state index contributed by atoms with van der Waals surface area (Å²) in [4.78, 5) is 36.5. The van der Waals surface area contributed by atoms with Crippen molar-refractivity contribution in [1.29, 1.82) is 0 Å². The number of aliphatic hydroxyl groups excluding tert-OH is 1. The summed E-state index contributed by atoms with van der Waals surface area (Å²) in [6.45, 7) is 15.9. The summed E-state index contributed by atoms with van der Waals surface area (Å²) in [5.41, 5.74) is 9.67. The van der Waals surface area contributed by atoms with Crippen molar-refractivity contribution in [2.75, 3.05) is 0 Å². The molecule has 0 saturated carbocycles. The molecule has 438 valence electrons. The Morgan fingerprint density at radius 3 is 1.40 bits per heavy atom. The van der Waals surface area contributed by atoms with E-state index in [0.717, 1.165) is 77.1 Å². The maximum Gasteiger partial charge on any atom is 0.494 e. The topological polar surface area (TPSA) is 121 Å². The number of ketones is 2. The number of aromatic nitrogens is 4. The molecule has 85 heavy (non-hydrogen) atoms. The van der Waals surface area contributed by atoms with Crippen LogP contribution in [0.3, 0.4) is 0 Å². The highest BCUT2D eigenvalue weighted by Gasteiger charge is 2.51. The molecule has 9 aromatic rings. The van der Waals surface area contributed by atoms with E-state index in [1.54, 1.807) is 37.1 Å². The molecule has 2 aliphatic rings. The van der Waals surface area contributed by atoms with Crippen molar-refractivity contribution >= 4 is 75.5 Å². The molecule has 11 rings (SSSR count). The summed E-state index contributed by atoms with van der Waals surface area (Å²) in [5, 5.41) is 8.75. The van der Waals surface area contributed by atoms with Crippen LogP contribution in [0.25, 0.3) is 11.1 Å². The van der Waals surface area contributed by atoms with Crippen molar-refractivity contribution in [1.82, 2.24) is 19.1 Å². The van der Waals surface area contributed by atoms with Gasteiger partial charge in [-0.15, -0.1) is 0 Å². The van der Waals surface area contributed by atoms with E-state index in [-0.39, 0.29) is 19.4 Å². The Morgan fingerprint density at radius 1 is 0.576 bits per heavy atom. The molecule has 2 aliphatic heterocycles. The van der Waals surface area contributed by atoms with Crippen LogP contribution >= 0.6 is 45.2 Å². The zero-order valence-corrected chi connectivity index (χ0v) is 52.7. The van der Waals surface area contributed by atoms with E-state index in [1.807, 2.05) is 118 Å². The summed E-state index contributed by atoms with van der Waals surface area (Å²) >= 11 is 4.63. The number of imidazole rings is 2. The van der Waals surface area contributed by atoms with Gasteiger partial charge in [0.2, 0.25) is 0 Å². The zero-order chi connectivity index (χ0) is 61.3. The van der Waals surface area contributed by atoms with Gasteiger partial charge in [0.25, 0.3) is 0 Å². The quantitative estimate of drug-likeness (QED) is 0.0528. The van der Waals surface area contributed by atoms with Crippen molar-refractivity contribution in [2.45, 2.75) is 98.6 Å². The fourth-order valence-corrected chi connectivity index (χ4v) is 9.84. The van der Waals surface area contributed by atoms with Crippen LogP contribution in [0.2, 0.25) is 0 Å². The molecule has 0 atom stereocenters. The molecule has 10 nitrogen and oxygen atoms in total. The first-order valence-electron chi connectivity index (χ1n) is 27.4. The van der Waals surface area contributed by atoms with E-state index in [0.29, 0.717) is 11.1 Å². The minimum absolute atomic E-state index is 0.0578. The fourth-order valence-electron chi connectivity index (χ4n) is 8.68. The standard InChI is InChI=1S/C25H20F2N2O.C20H21BF2O3.C11H11IN2.C8H9IO.C4H5N/c1-17-5-6-19(15-29-12-11-28-16-29)13-21(17)20-9-7-18(8-10-20)14-24(30)25-22(26)3-2-4-23(25)27;1-19(2)20(3,4)26-21(25-19)14-10-8-13(9-11-14)12-17(24)18-15(22)6-5-7-16(18)23;1-9-2-3-10(6-11(9)12)7-14-5-4-13-8-14;1-6-2-3-7(5-10)4-8(6)9;1-2-4-5-3-1/h2-13,16H,14-15H2,1H3;5-11H,12H2,1-4H3;2-6,8H,7H2,1H3;2-4,10H,5H2,1H3;1,3-4H,2H2. The van der Waals surface area contributed by atoms with Crippen LogP contribution in [0.15, 0.2) is 194 Å². The van der Waals surface area contributed by atoms with Gasteiger partial charge in [-0.05, 0) is 197 Å². The molecule has 0 aliphatic carbocycles. The van der Waals surface area contributed by atoms with Crippen LogP contribution in [0.1, 0.15) is 99.3 Å². The van der Waals surface area contributed by atoms with E-state index in [4.69, 9.17) is 14.4 Å². The van der Waals surface area contributed by atoms with Gasteiger partial charge in [-0.25, -0.2) is 27.5 Å². The van der Waals surface area contributed by atoms with Gasteiger partial charge in [0.05, 0.1) is 41.6 Å². The van der Waals surface area contributed by atoms with Crippen LogP contribution in [0.4, 0.5) is 17.6 Å². The number of aliphatic hydroxyl groups is 1. The first-order valence-corrected chi connectivity index (χ1v) is 29.5. The molecular weight excluding hydrogens is 1310 g/mol. The molecule has 0 unspecified atom stereocenters. The predicted molar refractivity (Wildman–Crippen MR) is 346 cm³/mol. The lowest BCUT2D eigenvalue weighted by Gasteiger charge is -2.32. The monoisotopic (exact) mass is 1370 g/mol. The number of benzene rings is 7. The number of Topliss-reactive ketones (excluding diaryl/α,β-unsaturated/α-hetero) is 2. The third-order valence-corrected chi connectivity index (χ3v) is 16.7. The number of aryl methyl sites for hydroxylation is 3. The number of hydrogen-bond acceptors (Lipinski definition) is 8. The lowest BCUT2D eigenvalue weighted by Crippen LogP contribution is -2.41. The molecule has 1 N–H and O–H groups in total. The van der Waals surface area contributed by atoms with E-state index in [9.17, 15) is 27.2 Å². The highest BCUT2D eigenvalue weighted by atomic mass is 127. The number of carbonyl (C=O) groups is 2. The van der Waals surface area contributed by atoms with Gasteiger partial charge in [-0.2, -0.15) is 0 Å². The smallest absolute Gasteiger partial charge is 0.399 e. The molecule has 2 aromatic heterocycles. The van der Waals surface area contributed by atoms with Crippen LogP contribution in [0.5, 0.6) is 0 Å². The van der Waals surface area contributed by atoms with Gasteiger partial charge in [0, 0.05) is 76.7 Å². The van der Waals surface area contributed by atoms with Crippen molar-refractivity contribution in [2.24, 2.45) is 4.99 Å². The first-order chi connectivity index (χ1) is 40.6. The summed E-state index contributed by atoms with van der Waals surface area (Å²) < 4.78 is 73.7. The fraction of sp³-hybridized carbons (Fsp3) is 0.221. The Balaban J connectivity index is 0.000000169. The Kier molecular flexibility index (Phi) is 23.7. The van der Waals surface area contributed by atoms with Gasteiger partial charge in [0.15, 0.2) is 11.6 Å². The number of allylic oxidation sites excluding steroid dienone is 1. The molecule has 17 heteroatoms. The number of aliphatic imine (C=N–C) groups is 1. The Morgan fingerprint density at radius 2 is 1.00 bits per heavy atom. The number of halogens is 6. The SMILES string of the molecule is C1=CN=CC1.CC1(C)OB(c2ccc(CC(=O)c3c(F)cccc3F)cc2)OC1(C)C.Cc1ccc(CO)cc1I.Cc1ccc(Cn2ccnc2)cc1-c1ccc(CC(=O)c2c(F)cccc2F)cc1.Cc1ccc(Cn2ccnc2)cc1I. The Labute approximate surface area is 522 Å². The molecule has 1 fully saturated rings. The lowest BCUT2D eigenvalue weighted by molar-refractivity contribution is 0.00578. The zero-order valence-electron chi connectivity index (χ0n) is 48.4. The average Bonchev–Trinajstić information content (AvgIpc) is 2.96. The molecule has 0 radical (unpaired) electrons. The van der Waals surface area contributed by atoms with Gasteiger partial charge in [-0.1, -0.05) is 103 Å². The molecule has 4 heterocycles. The lowest BCUT2D eigenvalue weighted by atomic mass is 9.78. The largest absolute Gasteiger partial charge is 0.494 e. The minimum atomic E-state index is -0.844. The van der Waals surface area contributed by atoms with Crippen LogP contribution in [0, 0.1) is 51.2 Å². The average molecular weight is 1370 g/mol. The normalized spacial score (nSPS) is 13.3. The third-order valence-electron chi connectivity index (χ3n) is 14.3. The maximum absolute atomic E-state index is 13.8. The highest BCUT2D eigenvalue weighted by molar-refractivity contribution is 14.1. The van der Waals surface area contributed by atoms with Crippen molar-refractivity contribution < 1.29 is 41.6 Å². The second kappa shape index (κ2) is 30.8. The molecule has 0 bridgehead atoms. The van der Waals surface area contributed by atoms with Crippen molar-refractivity contribution in [3.05, 3.63) is 275 Å². The van der Waals surface area contributed by atoms with Gasteiger partial charge in [-0.3, -0.25) is 14.6 Å². The van der Waals surface area contributed by atoms with Gasteiger partial charge in [0.1, 0.15) is 23.3 Å². The summed E-state index contributed by atoms with van der Waals surface area (Å²) in [7, 11) is -0.492. The molecule has 0 spiro atoms. The molecule has 0 amide bonds. The van der Waals surface area contributed by atoms with Gasteiger partial charge >= 0.3 is 7.12 Å². The minimum Gasteiger partial charge on any atom is -0.399 e. The highest BCUT2D eigenvalue weighted by Crippen LogP contribution is 2.36. The van der Waals surface area contributed by atoms with Gasteiger partial charge < -0.3 is 23.5 Å². The second-order valence-corrected chi connectivity index (χ2v) is 23.6. The maximum atomic E-state index is 13.8. The Hall–Kier alpha value is -7.17. The molecule has 7 aromatic carbocycles. The first kappa shape index (κ1) is 65.4. The number of hydrogen-bond donors (Lipinski definition) is 1. The number of carbonyl (C=O) groups excluding carboxylic acids is 2. The second-order valence-electron chi connectivity index (χ2n) is 21.3. The van der Waals surface area contributed by atoms with Crippen molar-refractivity contribution in [3.8, 4) is 11.1 Å².